The second-order valence-corrected chi connectivity index (χ2v) is 10.3. The Morgan fingerprint density at radius 1 is 1.25 bits per heavy atom. The fourth-order valence-electron chi connectivity index (χ4n) is 5.83. The number of allylic oxidation sites excluding steroid dienone is 1. The van der Waals surface area contributed by atoms with Crippen LogP contribution in [0.5, 0.6) is 0 Å². The fourth-order valence-corrected chi connectivity index (χ4v) is 5.83. The average Bonchev–Trinajstić information content (AvgIpc) is 3.44. The van der Waals surface area contributed by atoms with Crippen molar-refractivity contribution in [3.05, 3.63) is 47.2 Å². The highest BCUT2D eigenvalue weighted by Gasteiger charge is 2.49. The van der Waals surface area contributed by atoms with Gasteiger partial charge in [-0.2, -0.15) is 0 Å². The van der Waals surface area contributed by atoms with Gasteiger partial charge in [0, 0.05) is 29.9 Å². The fraction of sp³-hybridized carbons (Fsp3) is 0.615. The van der Waals surface area contributed by atoms with Crippen molar-refractivity contribution >= 4 is 11.8 Å². The van der Waals surface area contributed by atoms with Gasteiger partial charge in [0.2, 0.25) is 5.91 Å². The first-order valence-electron chi connectivity index (χ1n) is 12.2. The Hall–Kier alpha value is -2.21. The topological polar surface area (TPSA) is 61.4 Å². The van der Waals surface area contributed by atoms with E-state index in [0.717, 1.165) is 30.5 Å². The Morgan fingerprint density at radius 2 is 2.03 bits per heavy atom. The Balaban J connectivity index is 1.27. The third-order valence-electron chi connectivity index (χ3n) is 8.07. The molecule has 2 amide bonds. The number of carbonyl (C=O) groups excluding carboxylic acids is 2. The predicted molar refractivity (Wildman–Crippen MR) is 122 cm³/mol. The lowest BCUT2D eigenvalue weighted by atomic mass is 9.80. The van der Waals surface area contributed by atoms with Crippen LogP contribution in [0.3, 0.4) is 0 Å². The number of amides is 2. The van der Waals surface area contributed by atoms with Gasteiger partial charge >= 0.3 is 0 Å². The summed E-state index contributed by atoms with van der Waals surface area (Å²) in [5, 5.41) is 6.41. The number of alkyl halides is 1. The van der Waals surface area contributed by atoms with Crippen molar-refractivity contribution in [2.75, 3.05) is 0 Å². The highest BCUT2D eigenvalue weighted by molar-refractivity contribution is 6.01. The third-order valence-corrected chi connectivity index (χ3v) is 8.07. The first-order valence-corrected chi connectivity index (χ1v) is 12.2. The maximum absolute atomic E-state index is 14.5. The van der Waals surface area contributed by atoms with Gasteiger partial charge in [0.15, 0.2) is 0 Å². The van der Waals surface area contributed by atoms with E-state index >= 15 is 0 Å². The molecule has 1 unspecified atom stereocenters. The molecule has 0 aromatic heterocycles. The van der Waals surface area contributed by atoms with Crippen LogP contribution in [-0.2, 0) is 17.8 Å². The number of benzene rings is 1. The molecule has 1 aromatic rings. The molecule has 2 aliphatic heterocycles. The van der Waals surface area contributed by atoms with Crippen molar-refractivity contribution in [1.29, 1.82) is 0 Å². The molecule has 1 aromatic carbocycles. The predicted octanol–water partition coefficient (Wildman–Crippen LogP) is 4.02. The molecule has 0 radical (unpaired) electrons. The van der Waals surface area contributed by atoms with E-state index < -0.39 is 11.7 Å². The SMILES string of the molecule is C=C1CCC(N2Cc3cc(C[C@H]4CCCC[C@@H]4N[C@@H](C)C4(F)CC4)ccc3C2=O)C(=O)N1. The molecule has 2 N–H and O–H groups in total. The first kappa shape index (κ1) is 21.6. The van der Waals surface area contributed by atoms with Crippen LogP contribution >= 0.6 is 0 Å². The molecule has 2 saturated carbocycles. The molecule has 32 heavy (non-hydrogen) atoms. The summed E-state index contributed by atoms with van der Waals surface area (Å²) in [7, 11) is 0. The van der Waals surface area contributed by atoms with Crippen LogP contribution < -0.4 is 10.6 Å². The van der Waals surface area contributed by atoms with Crippen molar-refractivity contribution in [1.82, 2.24) is 15.5 Å². The first-order chi connectivity index (χ1) is 15.3. The van der Waals surface area contributed by atoms with Crippen molar-refractivity contribution in [2.24, 2.45) is 5.92 Å². The minimum atomic E-state index is -1.00. The highest BCUT2D eigenvalue weighted by Crippen LogP contribution is 2.43. The van der Waals surface area contributed by atoms with Crippen LogP contribution in [0.15, 0.2) is 30.5 Å². The number of rotatable bonds is 6. The van der Waals surface area contributed by atoms with Gasteiger partial charge in [0.1, 0.15) is 11.7 Å². The van der Waals surface area contributed by atoms with E-state index in [1.54, 1.807) is 4.90 Å². The lowest BCUT2D eigenvalue weighted by Gasteiger charge is -2.35. The summed E-state index contributed by atoms with van der Waals surface area (Å²) in [5.41, 5.74) is 2.68. The van der Waals surface area contributed by atoms with Gasteiger partial charge in [-0.15, -0.1) is 0 Å². The molecule has 172 valence electrons. The molecule has 0 spiro atoms. The second kappa shape index (κ2) is 8.29. The smallest absolute Gasteiger partial charge is 0.255 e. The van der Waals surface area contributed by atoms with Crippen molar-refractivity contribution in [3.63, 3.8) is 0 Å². The molecule has 4 atom stereocenters. The lowest BCUT2D eigenvalue weighted by molar-refractivity contribution is -0.126. The number of piperidine rings is 1. The number of hydrogen-bond donors (Lipinski definition) is 2. The van der Waals surface area contributed by atoms with Gasteiger partial charge in [-0.05, 0) is 75.0 Å². The van der Waals surface area contributed by atoms with E-state index in [1.165, 1.54) is 18.4 Å². The van der Waals surface area contributed by atoms with Crippen molar-refractivity contribution < 1.29 is 14.0 Å². The van der Waals surface area contributed by atoms with Gasteiger partial charge < -0.3 is 15.5 Å². The Morgan fingerprint density at radius 3 is 2.78 bits per heavy atom. The molecule has 2 aliphatic carbocycles. The number of carbonyl (C=O) groups is 2. The maximum atomic E-state index is 14.5. The minimum Gasteiger partial charge on any atom is -0.329 e. The number of fused-ring (bicyclic) bond motifs is 1. The van der Waals surface area contributed by atoms with Crippen LogP contribution in [0.1, 0.15) is 79.8 Å². The largest absolute Gasteiger partial charge is 0.329 e. The van der Waals surface area contributed by atoms with Gasteiger partial charge in [0.05, 0.1) is 0 Å². The Kier molecular flexibility index (Phi) is 5.60. The van der Waals surface area contributed by atoms with Gasteiger partial charge in [-0.3, -0.25) is 9.59 Å². The summed E-state index contributed by atoms with van der Waals surface area (Å²) >= 11 is 0. The molecule has 3 fully saturated rings. The molecule has 0 bridgehead atoms. The van der Waals surface area contributed by atoms with Gasteiger partial charge in [0.25, 0.3) is 5.91 Å². The van der Waals surface area contributed by atoms with Crippen LogP contribution in [-0.4, -0.2) is 40.5 Å². The van der Waals surface area contributed by atoms with Crippen LogP contribution in [0.25, 0.3) is 0 Å². The van der Waals surface area contributed by atoms with Crippen LogP contribution in [0.4, 0.5) is 4.39 Å². The summed E-state index contributed by atoms with van der Waals surface area (Å²) in [4.78, 5) is 27.1. The van der Waals surface area contributed by atoms with E-state index in [9.17, 15) is 14.0 Å². The standard InChI is InChI=1S/C26H34FN3O2/c1-16-7-10-23(24(31)28-16)30-15-20-14-18(8-9-21(20)25(30)32)13-19-5-3-4-6-22(19)29-17(2)26(27)11-12-26/h8-9,14,17,19,22-23,29H,1,3-7,10-13,15H2,2H3,(H,28,31)/t17-,19+,22-,23?/m0/s1. The summed E-state index contributed by atoms with van der Waals surface area (Å²) < 4.78 is 14.5. The monoisotopic (exact) mass is 439 g/mol. The number of hydrogen-bond acceptors (Lipinski definition) is 3. The minimum absolute atomic E-state index is 0.0528. The Labute approximate surface area is 189 Å². The van der Waals surface area contributed by atoms with Gasteiger partial charge in [-0.25, -0.2) is 4.39 Å². The van der Waals surface area contributed by atoms with E-state index in [2.05, 4.69) is 29.3 Å². The molecule has 4 aliphatic rings. The third kappa shape index (κ3) is 4.09. The summed E-state index contributed by atoms with van der Waals surface area (Å²) in [6.07, 6.45) is 8.30. The van der Waals surface area contributed by atoms with Gasteiger partial charge in [-0.1, -0.05) is 31.6 Å². The zero-order valence-corrected chi connectivity index (χ0v) is 19.0. The molecule has 6 heteroatoms. The molecular weight excluding hydrogens is 405 g/mol. The zero-order valence-electron chi connectivity index (χ0n) is 19.0. The molecule has 5 rings (SSSR count). The van der Waals surface area contributed by atoms with Crippen LogP contribution in [0, 0.1) is 5.92 Å². The van der Waals surface area contributed by atoms with E-state index in [-0.39, 0.29) is 17.9 Å². The van der Waals surface area contributed by atoms with Crippen molar-refractivity contribution in [2.45, 2.75) is 95.1 Å². The van der Waals surface area contributed by atoms with E-state index in [4.69, 9.17) is 0 Å². The highest BCUT2D eigenvalue weighted by atomic mass is 19.1. The quantitative estimate of drug-likeness (QED) is 0.704. The normalized spacial score (nSPS) is 30.1. The molecular formula is C26H34FN3O2. The molecule has 1 saturated heterocycles. The van der Waals surface area contributed by atoms with Crippen LogP contribution in [0.2, 0.25) is 0 Å². The zero-order chi connectivity index (χ0) is 22.5. The number of nitrogens with one attached hydrogen (secondary N) is 2. The summed E-state index contributed by atoms with van der Waals surface area (Å²) in [6.45, 7) is 6.31. The summed E-state index contributed by atoms with van der Waals surface area (Å²) in [5.74, 6) is 0.298. The number of nitrogens with zero attached hydrogens (tertiary/aromatic N) is 1. The molecule has 2 heterocycles. The molecule has 5 nitrogen and oxygen atoms in total. The maximum Gasteiger partial charge on any atom is 0.255 e. The lowest BCUT2D eigenvalue weighted by Crippen LogP contribution is -2.49. The average molecular weight is 440 g/mol. The number of halogens is 1. The summed E-state index contributed by atoms with van der Waals surface area (Å²) in [6, 6.07) is 5.98. The van der Waals surface area contributed by atoms with E-state index in [1.807, 2.05) is 13.0 Å². The van der Waals surface area contributed by atoms with E-state index in [0.29, 0.717) is 49.8 Å². The second-order valence-electron chi connectivity index (χ2n) is 10.3. The van der Waals surface area contributed by atoms with Crippen molar-refractivity contribution in [3.8, 4) is 0 Å². The Bertz CT molecular complexity index is 941.